The maximum Gasteiger partial charge on any atom is 0.248 e. The number of hydrogen-bond acceptors (Lipinski definition) is 4. The summed E-state index contributed by atoms with van der Waals surface area (Å²) in [5.74, 6) is -0.0953. The third-order valence-corrected chi connectivity index (χ3v) is 2.25. The predicted molar refractivity (Wildman–Crippen MR) is 50.3 cm³/mol. The maximum absolute atomic E-state index is 11.5. The average Bonchev–Trinajstić information content (AvgIpc) is 2.19. The summed E-state index contributed by atoms with van der Waals surface area (Å²) in [6.07, 6.45) is 5.58. The number of ketones is 1. The van der Waals surface area contributed by atoms with E-state index in [9.17, 15) is 9.59 Å². The van der Waals surface area contributed by atoms with Crippen LogP contribution in [0.3, 0.4) is 0 Å². The van der Waals surface area contributed by atoms with Crippen molar-refractivity contribution in [3.8, 4) is 0 Å². The Morgan fingerprint density at radius 2 is 2.21 bits per heavy atom. The number of hydrazine groups is 1. The minimum atomic E-state index is -0.124. The molecule has 0 N–H and O–H groups in total. The van der Waals surface area contributed by atoms with Gasteiger partial charge in [-0.15, -0.1) is 0 Å². The second-order valence-electron chi connectivity index (χ2n) is 3.23. The molecule has 2 aliphatic rings. The molecule has 1 fully saturated rings. The van der Waals surface area contributed by atoms with E-state index < -0.39 is 0 Å². The second kappa shape index (κ2) is 3.61. The van der Waals surface area contributed by atoms with Gasteiger partial charge in [0.25, 0.3) is 0 Å². The summed E-state index contributed by atoms with van der Waals surface area (Å²) < 4.78 is 0. The summed E-state index contributed by atoms with van der Waals surface area (Å²) in [5.41, 5.74) is 0. The standard InChI is InChI=1S/C9H11N3O2/c13-8-1-4-12(9(14)7-8)11-5-2-10-3-6-11/h2-3,5H,1,4,6-7H2. The summed E-state index contributed by atoms with van der Waals surface area (Å²) in [4.78, 5) is 26.4. The highest BCUT2D eigenvalue weighted by Gasteiger charge is 2.26. The molecule has 0 unspecified atom stereocenters. The molecule has 2 rings (SSSR count). The minimum absolute atomic E-state index is 0.0286. The molecule has 14 heavy (non-hydrogen) atoms. The van der Waals surface area contributed by atoms with Crippen molar-refractivity contribution in [3.05, 3.63) is 12.4 Å². The van der Waals surface area contributed by atoms with Gasteiger partial charge in [0.1, 0.15) is 5.78 Å². The van der Waals surface area contributed by atoms with Gasteiger partial charge in [0.2, 0.25) is 5.91 Å². The largest absolute Gasteiger partial charge is 0.299 e. The van der Waals surface area contributed by atoms with Gasteiger partial charge in [-0.2, -0.15) is 0 Å². The SMILES string of the molecule is O=C1CCN(N2C=CN=CC2)C(=O)C1. The van der Waals surface area contributed by atoms with E-state index in [1.165, 1.54) is 0 Å². The van der Waals surface area contributed by atoms with Gasteiger partial charge in [0.05, 0.1) is 13.0 Å². The Balaban J connectivity index is 2.04. The van der Waals surface area contributed by atoms with E-state index in [2.05, 4.69) is 4.99 Å². The number of amides is 1. The molecule has 74 valence electrons. The fourth-order valence-corrected chi connectivity index (χ4v) is 1.52. The van der Waals surface area contributed by atoms with Gasteiger partial charge in [-0.1, -0.05) is 0 Å². The zero-order chi connectivity index (χ0) is 9.97. The molecule has 5 nitrogen and oxygen atoms in total. The van der Waals surface area contributed by atoms with Crippen molar-refractivity contribution in [1.82, 2.24) is 10.0 Å². The van der Waals surface area contributed by atoms with E-state index in [0.717, 1.165) is 0 Å². The molecule has 1 amide bonds. The molecule has 2 aliphatic heterocycles. The van der Waals surface area contributed by atoms with Crippen LogP contribution >= 0.6 is 0 Å². The van der Waals surface area contributed by atoms with E-state index in [4.69, 9.17) is 0 Å². The smallest absolute Gasteiger partial charge is 0.248 e. The lowest BCUT2D eigenvalue weighted by atomic mass is 10.1. The van der Waals surface area contributed by atoms with Crippen molar-refractivity contribution in [1.29, 1.82) is 0 Å². The summed E-state index contributed by atoms with van der Waals surface area (Å²) in [5, 5.41) is 3.38. The van der Waals surface area contributed by atoms with Crippen molar-refractivity contribution < 1.29 is 9.59 Å². The Morgan fingerprint density at radius 1 is 1.36 bits per heavy atom. The summed E-state index contributed by atoms with van der Waals surface area (Å²) in [6, 6.07) is 0. The lowest BCUT2D eigenvalue weighted by Gasteiger charge is -2.35. The van der Waals surface area contributed by atoms with Crippen LogP contribution in [0.4, 0.5) is 0 Å². The van der Waals surface area contributed by atoms with Gasteiger partial charge in [-0.25, -0.2) is 0 Å². The molecule has 2 heterocycles. The van der Waals surface area contributed by atoms with Gasteiger partial charge in [-0.3, -0.25) is 24.6 Å². The highest BCUT2D eigenvalue weighted by molar-refractivity contribution is 6.00. The first kappa shape index (κ1) is 8.93. The Bertz CT molecular complexity index is 322. The molecule has 0 radical (unpaired) electrons. The molecule has 0 aromatic carbocycles. The van der Waals surface area contributed by atoms with E-state index in [1.54, 1.807) is 28.6 Å². The number of carbonyl (C=O) groups is 2. The molecule has 0 saturated carbocycles. The fraction of sp³-hybridized carbons (Fsp3) is 0.444. The number of hydrogen-bond donors (Lipinski definition) is 0. The molecule has 0 bridgehead atoms. The Kier molecular flexibility index (Phi) is 2.30. The Labute approximate surface area is 81.7 Å². The minimum Gasteiger partial charge on any atom is -0.299 e. The fourth-order valence-electron chi connectivity index (χ4n) is 1.52. The van der Waals surface area contributed by atoms with Crippen LogP contribution in [0.25, 0.3) is 0 Å². The zero-order valence-corrected chi connectivity index (χ0v) is 7.72. The number of rotatable bonds is 1. The predicted octanol–water partition coefficient (Wildman–Crippen LogP) is -0.0495. The van der Waals surface area contributed by atoms with Gasteiger partial charge >= 0.3 is 0 Å². The van der Waals surface area contributed by atoms with Crippen LogP contribution in [-0.4, -0.2) is 41.0 Å². The summed E-state index contributed by atoms with van der Waals surface area (Å²) in [7, 11) is 0. The van der Waals surface area contributed by atoms with Crippen LogP contribution < -0.4 is 0 Å². The first-order valence-corrected chi connectivity index (χ1v) is 4.54. The summed E-state index contributed by atoms with van der Waals surface area (Å²) >= 11 is 0. The topological polar surface area (TPSA) is 53.0 Å². The number of Topliss-reactive ketones (excluding diaryl/α,β-unsaturated/α-hetero) is 1. The van der Waals surface area contributed by atoms with Gasteiger partial charge in [-0.05, 0) is 0 Å². The number of nitrogens with zero attached hydrogens (tertiary/aromatic N) is 3. The van der Waals surface area contributed by atoms with Crippen LogP contribution in [0.2, 0.25) is 0 Å². The summed E-state index contributed by atoms with van der Waals surface area (Å²) in [6.45, 7) is 1.08. The molecule has 0 aromatic heterocycles. The highest BCUT2D eigenvalue weighted by atomic mass is 16.2. The van der Waals surface area contributed by atoms with Crippen LogP contribution in [0.15, 0.2) is 17.4 Å². The maximum atomic E-state index is 11.5. The van der Waals surface area contributed by atoms with Crippen molar-refractivity contribution in [2.75, 3.05) is 13.1 Å². The monoisotopic (exact) mass is 193 g/mol. The number of piperidine rings is 1. The first-order chi connectivity index (χ1) is 6.77. The second-order valence-corrected chi connectivity index (χ2v) is 3.23. The number of aliphatic imine (C=N–C) groups is 1. The van der Waals surface area contributed by atoms with Crippen LogP contribution in [0, 0.1) is 0 Å². The van der Waals surface area contributed by atoms with E-state index in [0.29, 0.717) is 19.5 Å². The van der Waals surface area contributed by atoms with Crippen LogP contribution in [0.1, 0.15) is 12.8 Å². The van der Waals surface area contributed by atoms with Gasteiger partial charge in [0.15, 0.2) is 0 Å². The molecule has 0 aromatic rings. The van der Waals surface area contributed by atoms with Gasteiger partial charge in [0, 0.05) is 31.6 Å². The molecule has 0 atom stereocenters. The van der Waals surface area contributed by atoms with Crippen molar-refractivity contribution in [3.63, 3.8) is 0 Å². The van der Waals surface area contributed by atoms with Crippen LogP contribution in [-0.2, 0) is 9.59 Å². The number of carbonyl (C=O) groups excluding carboxylic acids is 2. The normalized spacial score (nSPS) is 22.0. The van der Waals surface area contributed by atoms with Crippen molar-refractivity contribution >= 4 is 17.9 Å². The lowest BCUT2D eigenvalue weighted by Crippen LogP contribution is -2.49. The Morgan fingerprint density at radius 3 is 2.86 bits per heavy atom. The third kappa shape index (κ3) is 1.66. The molecule has 0 aliphatic carbocycles. The molecule has 5 heteroatoms. The third-order valence-electron chi connectivity index (χ3n) is 2.25. The van der Waals surface area contributed by atoms with Gasteiger partial charge < -0.3 is 0 Å². The quantitative estimate of drug-likeness (QED) is 0.549. The zero-order valence-electron chi connectivity index (χ0n) is 7.72. The molecule has 0 spiro atoms. The van der Waals surface area contributed by atoms with E-state index >= 15 is 0 Å². The van der Waals surface area contributed by atoms with E-state index in [1.807, 2.05) is 0 Å². The molecular formula is C9H11N3O2. The molecule has 1 saturated heterocycles. The van der Waals surface area contributed by atoms with Crippen molar-refractivity contribution in [2.24, 2.45) is 4.99 Å². The van der Waals surface area contributed by atoms with Crippen LogP contribution in [0.5, 0.6) is 0 Å². The van der Waals surface area contributed by atoms with Crippen molar-refractivity contribution in [2.45, 2.75) is 12.8 Å². The molecular weight excluding hydrogens is 182 g/mol. The first-order valence-electron chi connectivity index (χ1n) is 4.54. The lowest BCUT2D eigenvalue weighted by molar-refractivity contribution is -0.150. The highest BCUT2D eigenvalue weighted by Crippen LogP contribution is 2.11. The Hall–Kier alpha value is -1.65. The van der Waals surface area contributed by atoms with E-state index in [-0.39, 0.29) is 18.1 Å². The average molecular weight is 193 g/mol.